The van der Waals surface area contributed by atoms with E-state index in [-0.39, 0.29) is 0 Å². The van der Waals surface area contributed by atoms with Crippen LogP contribution in [0.15, 0.2) is 30.0 Å². The third-order valence-electron chi connectivity index (χ3n) is 5.90. The second-order valence-corrected chi connectivity index (χ2v) is 7.85. The summed E-state index contributed by atoms with van der Waals surface area (Å²) in [6.45, 7) is 13.2. The smallest absolute Gasteiger partial charge is 0.156 e. The first-order valence-corrected chi connectivity index (χ1v) is 11.0. The predicted molar refractivity (Wildman–Crippen MR) is 130 cm³/mol. The molecule has 1 atom stereocenters. The number of nitriles is 1. The maximum absolute atomic E-state index is 9.33. The largest absolute Gasteiger partial charge is 0.372 e. The fourth-order valence-electron chi connectivity index (χ4n) is 3.56. The molecule has 2 aromatic rings. The van der Waals surface area contributed by atoms with Crippen LogP contribution in [0.2, 0.25) is 0 Å². The molecular formula is C26H35N5. The molecule has 1 N–H and O–H groups in total. The Kier molecular flexibility index (Phi) is 8.81. The van der Waals surface area contributed by atoms with Gasteiger partial charge in [-0.3, -0.25) is 0 Å². The van der Waals surface area contributed by atoms with E-state index in [2.05, 4.69) is 72.5 Å². The van der Waals surface area contributed by atoms with Gasteiger partial charge in [0.15, 0.2) is 5.82 Å². The van der Waals surface area contributed by atoms with Gasteiger partial charge in [-0.2, -0.15) is 10.4 Å². The van der Waals surface area contributed by atoms with E-state index >= 15 is 0 Å². The van der Waals surface area contributed by atoms with Crippen molar-refractivity contribution in [2.45, 2.75) is 67.0 Å². The van der Waals surface area contributed by atoms with Crippen LogP contribution in [0.4, 0.5) is 5.82 Å². The Morgan fingerprint density at radius 1 is 1.23 bits per heavy atom. The Morgan fingerprint density at radius 2 is 1.97 bits per heavy atom. The fourth-order valence-corrected chi connectivity index (χ4v) is 3.56. The molecule has 0 aliphatic heterocycles. The minimum atomic E-state index is 0.437. The second kappa shape index (κ2) is 11.3. The highest BCUT2D eigenvalue weighted by molar-refractivity contribution is 5.55. The van der Waals surface area contributed by atoms with Gasteiger partial charge in [-0.05, 0) is 63.8 Å². The molecule has 164 valence electrons. The molecule has 1 unspecified atom stereocenters. The van der Waals surface area contributed by atoms with Crippen LogP contribution in [0, 0.1) is 25.2 Å². The maximum atomic E-state index is 9.33. The second-order valence-electron chi connectivity index (χ2n) is 7.85. The van der Waals surface area contributed by atoms with Gasteiger partial charge in [-0.15, -0.1) is 5.10 Å². The zero-order chi connectivity index (χ0) is 23.0. The zero-order valence-corrected chi connectivity index (χ0v) is 20.0. The van der Waals surface area contributed by atoms with E-state index in [0.717, 1.165) is 45.9 Å². The van der Waals surface area contributed by atoms with Gasteiger partial charge >= 0.3 is 0 Å². The SMILES string of the molecule is C/C=c1/c(C)nnc(NCc2cccc(C#N)c2C)/c1=C/C(=C/CC)N(C)C(C)CC. The molecule has 5 nitrogen and oxygen atoms in total. The van der Waals surface area contributed by atoms with Gasteiger partial charge in [0.2, 0.25) is 0 Å². The lowest BCUT2D eigenvalue weighted by Gasteiger charge is -2.27. The number of anilines is 1. The van der Waals surface area contributed by atoms with E-state index in [0.29, 0.717) is 18.2 Å². The third kappa shape index (κ3) is 5.73. The number of aromatic nitrogens is 2. The van der Waals surface area contributed by atoms with Crippen molar-refractivity contribution in [3.05, 3.63) is 62.8 Å². The minimum absolute atomic E-state index is 0.437. The molecule has 31 heavy (non-hydrogen) atoms. The lowest BCUT2D eigenvalue weighted by Crippen LogP contribution is -2.35. The van der Waals surface area contributed by atoms with Crippen molar-refractivity contribution in [1.82, 2.24) is 15.1 Å². The maximum Gasteiger partial charge on any atom is 0.156 e. The number of rotatable bonds is 8. The van der Waals surface area contributed by atoms with E-state index in [1.54, 1.807) is 0 Å². The average Bonchev–Trinajstić information content (AvgIpc) is 2.78. The van der Waals surface area contributed by atoms with Gasteiger partial charge in [-0.1, -0.05) is 38.1 Å². The van der Waals surface area contributed by atoms with Gasteiger partial charge in [-0.25, -0.2) is 0 Å². The zero-order valence-electron chi connectivity index (χ0n) is 20.0. The number of hydrogen-bond acceptors (Lipinski definition) is 5. The summed E-state index contributed by atoms with van der Waals surface area (Å²) >= 11 is 0. The minimum Gasteiger partial charge on any atom is -0.372 e. The first kappa shape index (κ1) is 24.1. The first-order chi connectivity index (χ1) is 14.9. The lowest BCUT2D eigenvalue weighted by molar-refractivity contribution is 0.328. The Morgan fingerprint density at radius 3 is 2.58 bits per heavy atom. The molecule has 0 radical (unpaired) electrons. The van der Waals surface area contributed by atoms with Crippen LogP contribution in [0.1, 0.15) is 62.9 Å². The quantitative estimate of drug-likeness (QED) is 0.698. The van der Waals surface area contributed by atoms with Gasteiger partial charge in [0, 0.05) is 35.8 Å². The van der Waals surface area contributed by atoms with Crippen LogP contribution in [0.5, 0.6) is 0 Å². The third-order valence-corrected chi connectivity index (χ3v) is 5.90. The molecule has 0 aliphatic rings. The molecule has 0 saturated carbocycles. The van der Waals surface area contributed by atoms with Gasteiger partial charge in [0.1, 0.15) is 0 Å². The van der Waals surface area contributed by atoms with E-state index < -0.39 is 0 Å². The van der Waals surface area contributed by atoms with Crippen molar-refractivity contribution in [3.63, 3.8) is 0 Å². The van der Waals surface area contributed by atoms with E-state index in [1.165, 1.54) is 5.70 Å². The lowest BCUT2D eigenvalue weighted by atomic mass is 10.0. The number of nitrogens with one attached hydrogen (secondary N) is 1. The van der Waals surface area contributed by atoms with Crippen LogP contribution in [0.3, 0.4) is 0 Å². The summed E-state index contributed by atoms with van der Waals surface area (Å²) in [4.78, 5) is 2.32. The number of aryl methyl sites for hydroxylation is 1. The van der Waals surface area contributed by atoms with Crippen molar-refractivity contribution in [3.8, 4) is 6.07 Å². The highest BCUT2D eigenvalue weighted by atomic mass is 15.2. The molecule has 1 aromatic heterocycles. The molecule has 0 aliphatic carbocycles. The van der Waals surface area contributed by atoms with Gasteiger partial charge in [0.05, 0.1) is 17.3 Å². The Bertz CT molecular complexity index is 1090. The molecule has 0 bridgehead atoms. The van der Waals surface area contributed by atoms with Crippen molar-refractivity contribution in [2.24, 2.45) is 0 Å². The number of hydrogen-bond donors (Lipinski definition) is 1. The standard InChI is InChI=1S/C26H35N5/c1-8-12-23(31(7)18(4)9-2)15-25-24(10-3)20(6)29-30-26(25)28-17-22-14-11-13-21(16-27)19(22)5/h10-15,18H,8-9,17H2,1-7H3,(H,28,30)/b23-12-,24-10-,25-15+. The first-order valence-electron chi connectivity index (χ1n) is 11.0. The average molecular weight is 418 g/mol. The molecular weight excluding hydrogens is 382 g/mol. The number of benzene rings is 1. The summed E-state index contributed by atoms with van der Waals surface area (Å²) in [5.41, 5.74) is 4.86. The Labute approximate surface area is 186 Å². The van der Waals surface area contributed by atoms with Crippen LogP contribution in [-0.4, -0.2) is 28.2 Å². The summed E-state index contributed by atoms with van der Waals surface area (Å²) in [5, 5.41) is 23.8. The van der Waals surface area contributed by atoms with Crippen LogP contribution >= 0.6 is 0 Å². The molecule has 1 heterocycles. The Hall–Kier alpha value is -3.13. The van der Waals surface area contributed by atoms with E-state index in [9.17, 15) is 5.26 Å². The van der Waals surface area contributed by atoms with Gasteiger partial charge < -0.3 is 10.2 Å². The topological polar surface area (TPSA) is 64.8 Å². The summed E-state index contributed by atoms with van der Waals surface area (Å²) < 4.78 is 0. The monoisotopic (exact) mass is 417 g/mol. The van der Waals surface area contributed by atoms with Crippen LogP contribution in [0.25, 0.3) is 12.2 Å². The summed E-state index contributed by atoms with van der Waals surface area (Å²) in [6.07, 6.45) is 8.60. The molecule has 0 spiro atoms. The van der Waals surface area contributed by atoms with Crippen molar-refractivity contribution in [1.29, 1.82) is 5.26 Å². The number of nitrogens with zero attached hydrogens (tertiary/aromatic N) is 4. The van der Waals surface area contributed by atoms with Crippen molar-refractivity contribution < 1.29 is 0 Å². The van der Waals surface area contributed by atoms with Gasteiger partial charge in [0.25, 0.3) is 0 Å². The summed E-state index contributed by atoms with van der Waals surface area (Å²) in [7, 11) is 2.15. The van der Waals surface area contributed by atoms with Crippen molar-refractivity contribution >= 4 is 18.0 Å². The molecule has 0 fully saturated rings. The van der Waals surface area contributed by atoms with Crippen molar-refractivity contribution in [2.75, 3.05) is 12.4 Å². The van der Waals surface area contributed by atoms with Crippen LogP contribution < -0.4 is 15.8 Å². The molecule has 0 amide bonds. The fraction of sp³-hybridized carbons (Fsp3) is 0.423. The molecule has 5 heteroatoms. The van der Waals surface area contributed by atoms with E-state index in [4.69, 9.17) is 0 Å². The molecule has 1 aromatic carbocycles. The highest BCUT2D eigenvalue weighted by Gasteiger charge is 2.11. The summed E-state index contributed by atoms with van der Waals surface area (Å²) in [5.74, 6) is 0.750. The molecule has 0 saturated heterocycles. The normalized spacial score (nSPS) is 13.8. The molecule has 2 rings (SSSR count). The highest BCUT2D eigenvalue weighted by Crippen LogP contribution is 2.15. The number of allylic oxidation sites excluding steroid dienone is 2. The van der Waals surface area contributed by atoms with E-state index in [1.807, 2.05) is 39.0 Å². The Balaban J connectivity index is 2.57. The van der Waals surface area contributed by atoms with Crippen LogP contribution in [-0.2, 0) is 6.54 Å². The summed E-state index contributed by atoms with van der Waals surface area (Å²) in [6, 6.07) is 8.51. The predicted octanol–water partition coefficient (Wildman–Crippen LogP) is 4.18.